The number of carbonyl (C=O) groups excluding carboxylic acids is 1. The highest BCUT2D eigenvalue weighted by atomic mass is 35.5. The zero-order chi connectivity index (χ0) is 13.1. The van der Waals surface area contributed by atoms with E-state index in [-0.39, 0.29) is 15.2 Å². The van der Waals surface area contributed by atoms with Crippen LogP contribution in [0, 0.1) is 6.92 Å². The lowest BCUT2D eigenvalue weighted by molar-refractivity contribution is 0.0606. The van der Waals surface area contributed by atoms with E-state index in [1.807, 2.05) is 6.92 Å². The van der Waals surface area contributed by atoms with Crippen molar-refractivity contribution in [3.05, 3.63) is 34.1 Å². The van der Waals surface area contributed by atoms with Gasteiger partial charge in [-0.05, 0) is 19.1 Å². The highest BCUT2D eigenvalue weighted by molar-refractivity contribution is 7.15. The van der Waals surface area contributed by atoms with E-state index >= 15 is 0 Å². The van der Waals surface area contributed by atoms with Crippen molar-refractivity contribution in [3.63, 3.8) is 0 Å². The van der Waals surface area contributed by atoms with E-state index in [4.69, 9.17) is 16.3 Å². The van der Waals surface area contributed by atoms with E-state index < -0.39 is 5.97 Å². The van der Waals surface area contributed by atoms with Gasteiger partial charge in [0.1, 0.15) is 0 Å². The number of thiazole rings is 1. The zero-order valence-corrected chi connectivity index (χ0v) is 11.2. The predicted octanol–water partition coefficient (Wildman–Crippen LogP) is 3.08. The van der Waals surface area contributed by atoms with E-state index in [1.54, 1.807) is 18.3 Å². The van der Waals surface area contributed by atoms with Crippen molar-refractivity contribution in [3.8, 4) is 10.9 Å². The second-order valence-corrected chi connectivity index (χ2v) is 4.60. The Morgan fingerprint density at radius 3 is 2.94 bits per heavy atom. The topological polar surface area (TPSA) is 61.3 Å². The fourth-order valence-electron chi connectivity index (χ4n) is 1.22. The molecule has 2 heterocycles. The van der Waals surface area contributed by atoms with Crippen LogP contribution in [0.4, 0.5) is 0 Å². The molecule has 0 N–H and O–H groups in total. The van der Waals surface area contributed by atoms with Crippen molar-refractivity contribution in [2.24, 2.45) is 0 Å². The van der Waals surface area contributed by atoms with Gasteiger partial charge in [0.15, 0.2) is 15.8 Å². The molecule has 0 fully saturated rings. The van der Waals surface area contributed by atoms with Gasteiger partial charge in [0.05, 0.1) is 12.8 Å². The van der Waals surface area contributed by atoms with Crippen LogP contribution in [0.15, 0.2) is 18.3 Å². The summed E-state index contributed by atoms with van der Waals surface area (Å²) in [6.07, 6.45) is 1.66. The highest BCUT2D eigenvalue weighted by Gasteiger charge is 2.18. The van der Waals surface area contributed by atoms with Gasteiger partial charge in [-0.15, -0.1) is 0 Å². The minimum Gasteiger partial charge on any atom is -0.465 e. The lowest BCUT2D eigenvalue weighted by Crippen LogP contribution is -1.98. The molecule has 7 heteroatoms. The number of aromatic nitrogens is 2. The molecular weight excluding hydrogens is 276 g/mol. The number of pyridine rings is 1. The fourth-order valence-corrected chi connectivity index (χ4v) is 2.28. The Morgan fingerprint density at radius 2 is 2.28 bits per heavy atom. The molecule has 94 valence electrons. The molecule has 0 bridgehead atoms. The summed E-state index contributed by atoms with van der Waals surface area (Å²) in [5.74, 6) is 0.0367. The first-order chi connectivity index (χ1) is 8.61. The van der Waals surface area contributed by atoms with Crippen LogP contribution in [-0.2, 0) is 4.74 Å². The average molecular weight is 285 g/mol. The molecule has 0 aliphatic heterocycles. The molecule has 0 radical (unpaired) electrons. The third-order valence-corrected chi connectivity index (χ3v) is 3.39. The van der Waals surface area contributed by atoms with Gasteiger partial charge in [-0.25, -0.2) is 4.79 Å². The van der Waals surface area contributed by atoms with Crippen molar-refractivity contribution in [2.75, 3.05) is 7.11 Å². The van der Waals surface area contributed by atoms with Gasteiger partial charge in [0.25, 0.3) is 5.19 Å². The quantitative estimate of drug-likeness (QED) is 0.811. The summed E-state index contributed by atoms with van der Waals surface area (Å²) >= 11 is 6.86. The van der Waals surface area contributed by atoms with Crippen molar-refractivity contribution in [1.82, 2.24) is 9.97 Å². The maximum absolute atomic E-state index is 11.4. The van der Waals surface area contributed by atoms with Crippen molar-refractivity contribution >= 4 is 28.9 Å². The van der Waals surface area contributed by atoms with Crippen molar-refractivity contribution < 1.29 is 14.3 Å². The largest absolute Gasteiger partial charge is 0.465 e. The standard InChI is InChI=1S/C11H9ClN2O3S/c1-6-7(4-3-5-13-6)17-11-14-9(12)8(18-11)10(15)16-2/h3-5H,1-2H3. The molecule has 0 saturated carbocycles. The number of nitrogens with zero attached hydrogens (tertiary/aromatic N) is 2. The smallest absolute Gasteiger partial charge is 0.351 e. The number of esters is 1. The number of halogens is 1. The van der Waals surface area contributed by atoms with E-state index in [0.29, 0.717) is 5.75 Å². The molecule has 0 aromatic carbocycles. The summed E-state index contributed by atoms with van der Waals surface area (Å²) in [4.78, 5) is 19.6. The Kier molecular flexibility index (Phi) is 3.78. The number of hydrogen-bond acceptors (Lipinski definition) is 6. The number of rotatable bonds is 3. The zero-order valence-electron chi connectivity index (χ0n) is 9.64. The van der Waals surface area contributed by atoms with Crippen LogP contribution in [0.25, 0.3) is 0 Å². The molecule has 5 nitrogen and oxygen atoms in total. The summed E-state index contributed by atoms with van der Waals surface area (Å²) < 4.78 is 10.1. The van der Waals surface area contributed by atoms with Crippen LogP contribution in [0.5, 0.6) is 10.9 Å². The first-order valence-electron chi connectivity index (χ1n) is 4.96. The Balaban J connectivity index is 2.26. The Hall–Kier alpha value is -1.66. The molecule has 2 rings (SSSR count). The lowest BCUT2D eigenvalue weighted by atomic mass is 10.3. The lowest BCUT2D eigenvalue weighted by Gasteiger charge is -2.02. The van der Waals surface area contributed by atoms with Gasteiger partial charge in [-0.1, -0.05) is 22.9 Å². The monoisotopic (exact) mass is 284 g/mol. The molecular formula is C11H9ClN2O3S. The molecule has 0 atom stereocenters. The molecule has 2 aromatic rings. The molecule has 0 aliphatic carbocycles. The fraction of sp³-hybridized carbons (Fsp3) is 0.182. The van der Waals surface area contributed by atoms with Crippen molar-refractivity contribution in [1.29, 1.82) is 0 Å². The van der Waals surface area contributed by atoms with Gasteiger partial charge in [0, 0.05) is 6.20 Å². The van der Waals surface area contributed by atoms with E-state index in [2.05, 4.69) is 14.7 Å². The molecule has 0 spiro atoms. The van der Waals surface area contributed by atoms with Crippen LogP contribution in [0.1, 0.15) is 15.4 Å². The second-order valence-electron chi connectivity index (χ2n) is 3.28. The Labute approximate surface area is 112 Å². The number of hydrogen-bond donors (Lipinski definition) is 0. The van der Waals surface area contributed by atoms with Crippen LogP contribution < -0.4 is 4.74 Å². The predicted molar refractivity (Wildman–Crippen MR) is 67.5 cm³/mol. The number of ether oxygens (including phenoxy) is 2. The summed E-state index contributed by atoms with van der Waals surface area (Å²) in [7, 11) is 1.28. The molecule has 0 unspecified atom stereocenters. The van der Waals surface area contributed by atoms with E-state index in [9.17, 15) is 4.79 Å². The number of aryl methyl sites for hydroxylation is 1. The van der Waals surface area contributed by atoms with Gasteiger partial charge in [-0.2, -0.15) is 4.98 Å². The summed E-state index contributed by atoms with van der Waals surface area (Å²) in [5.41, 5.74) is 0.725. The van der Waals surface area contributed by atoms with E-state index in [0.717, 1.165) is 17.0 Å². The SMILES string of the molecule is COC(=O)c1sc(Oc2cccnc2C)nc1Cl. The Bertz CT molecular complexity index is 585. The van der Waals surface area contributed by atoms with Gasteiger partial charge in [-0.3, -0.25) is 4.98 Å². The number of carbonyl (C=O) groups is 1. The summed E-state index contributed by atoms with van der Waals surface area (Å²) in [6, 6.07) is 3.51. The molecule has 2 aromatic heterocycles. The average Bonchev–Trinajstić information content (AvgIpc) is 2.72. The van der Waals surface area contributed by atoms with Gasteiger partial charge < -0.3 is 9.47 Å². The minimum absolute atomic E-state index is 0.0726. The first kappa shape index (κ1) is 12.8. The normalized spacial score (nSPS) is 10.2. The van der Waals surface area contributed by atoms with Crippen LogP contribution in [-0.4, -0.2) is 23.0 Å². The minimum atomic E-state index is -0.532. The Morgan fingerprint density at radius 1 is 1.50 bits per heavy atom. The molecule has 0 amide bonds. The van der Waals surface area contributed by atoms with Crippen LogP contribution >= 0.6 is 22.9 Å². The molecule has 18 heavy (non-hydrogen) atoms. The maximum Gasteiger partial charge on any atom is 0.351 e. The van der Waals surface area contributed by atoms with Crippen LogP contribution in [0.3, 0.4) is 0 Å². The van der Waals surface area contributed by atoms with Crippen LogP contribution in [0.2, 0.25) is 5.15 Å². The third kappa shape index (κ3) is 2.60. The third-order valence-electron chi connectivity index (χ3n) is 2.09. The van der Waals surface area contributed by atoms with Gasteiger partial charge >= 0.3 is 5.97 Å². The van der Waals surface area contributed by atoms with Crippen molar-refractivity contribution in [2.45, 2.75) is 6.92 Å². The number of methoxy groups -OCH3 is 1. The highest BCUT2D eigenvalue weighted by Crippen LogP contribution is 2.32. The second kappa shape index (κ2) is 5.32. The first-order valence-corrected chi connectivity index (χ1v) is 6.15. The summed E-state index contributed by atoms with van der Waals surface area (Å²) in [5, 5.41) is 0.347. The molecule has 0 aliphatic rings. The molecule has 0 saturated heterocycles. The van der Waals surface area contributed by atoms with E-state index in [1.165, 1.54) is 7.11 Å². The maximum atomic E-state index is 11.4. The van der Waals surface area contributed by atoms with Gasteiger partial charge in [0.2, 0.25) is 0 Å². The summed E-state index contributed by atoms with van der Waals surface area (Å²) in [6.45, 7) is 1.81.